The zero-order valence-corrected chi connectivity index (χ0v) is 11.2. The van der Waals surface area contributed by atoms with Crippen LogP contribution >= 0.6 is 0 Å². The van der Waals surface area contributed by atoms with Gasteiger partial charge >= 0.3 is 0 Å². The molecule has 0 aliphatic carbocycles. The maximum absolute atomic E-state index is 10.9. The third kappa shape index (κ3) is 3.75. The Hall–Kier alpha value is -1.46. The first-order valence-corrected chi connectivity index (χ1v) is 6.70. The van der Waals surface area contributed by atoms with Crippen molar-refractivity contribution >= 4 is 5.69 Å². The lowest BCUT2D eigenvalue weighted by atomic mass is 10.00. The summed E-state index contributed by atoms with van der Waals surface area (Å²) in [7, 11) is 0. The van der Waals surface area contributed by atoms with Gasteiger partial charge in [-0.3, -0.25) is 10.1 Å². The standard InChI is InChI=1S/C14H20N2O3/c1-11-13(3-2-4-14(11)16(17)18)10-15-9-12-5-7-19-8-6-12/h2-4,12,15H,5-10H2,1H3. The summed E-state index contributed by atoms with van der Waals surface area (Å²) in [5.74, 6) is 0.660. The van der Waals surface area contributed by atoms with E-state index in [1.165, 1.54) is 0 Å². The molecule has 0 atom stereocenters. The van der Waals surface area contributed by atoms with Crippen LogP contribution in [-0.2, 0) is 11.3 Å². The number of rotatable bonds is 5. The molecule has 19 heavy (non-hydrogen) atoms. The molecule has 0 saturated carbocycles. The molecule has 104 valence electrons. The minimum Gasteiger partial charge on any atom is -0.381 e. The molecule has 2 rings (SSSR count). The van der Waals surface area contributed by atoms with E-state index < -0.39 is 0 Å². The van der Waals surface area contributed by atoms with Crippen molar-refractivity contribution < 1.29 is 9.66 Å². The van der Waals surface area contributed by atoms with Gasteiger partial charge in [0.05, 0.1) is 4.92 Å². The van der Waals surface area contributed by atoms with Crippen molar-refractivity contribution in [2.75, 3.05) is 19.8 Å². The molecule has 1 aromatic rings. The largest absolute Gasteiger partial charge is 0.381 e. The van der Waals surface area contributed by atoms with Gasteiger partial charge in [-0.25, -0.2) is 0 Å². The zero-order chi connectivity index (χ0) is 13.7. The highest BCUT2D eigenvalue weighted by Gasteiger charge is 2.15. The van der Waals surface area contributed by atoms with Crippen LogP contribution in [-0.4, -0.2) is 24.7 Å². The number of ether oxygens (including phenoxy) is 1. The summed E-state index contributed by atoms with van der Waals surface area (Å²) >= 11 is 0. The Kier molecular flexibility index (Phi) is 4.87. The molecule has 0 aromatic heterocycles. The summed E-state index contributed by atoms with van der Waals surface area (Å²) in [5.41, 5.74) is 1.96. The van der Waals surface area contributed by atoms with E-state index in [4.69, 9.17) is 4.74 Å². The Morgan fingerprint density at radius 1 is 1.42 bits per heavy atom. The first-order chi connectivity index (χ1) is 9.18. The van der Waals surface area contributed by atoms with E-state index in [1.807, 2.05) is 13.0 Å². The average molecular weight is 264 g/mol. The van der Waals surface area contributed by atoms with Crippen LogP contribution in [0.5, 0.6) is 0 Å². The minimum absolute atomic E-state index is 0.199. The maximum atomic E-state index is 10.9. The molecular weight excluding hydrogens is 244 g/mol. The van der Waals surface area contributed by atoms with Crippen LogP contribution in [0.1, 0.15) is 24.0 Å². The second-order valence-electron chi connectivity index (χ2n) is 5.01. The summed E-state index contributed by atoms with van der Waals surface area (Å²) in [4.78, 5) is 10.5. The van der Waals surface area contributed by atoms with Crippen LogP contribution in [0.2, 0.25) is 0 Å². The molecule has 0 amide bonds. The number of hydrogen-bond acceptors (Lipinski definition) is 4. The van der Waals surface area contributed by atoms with Gasteiger partial charge in [-0.05, 0) is 37.8 Å². The molecule has 1 saturated heterocycles. The van der Waals surface area contributed by atoms with Crippen LogP contribution in [0.15, 0.2) is 18.2 Å². The fraction of sp³-hybridized carbons (Fsp3) is 0.571. The molecule has 0 spiro atoms. The quantitative estimate of drug-likeness (QED) is 0.655. The Morgan fingerprint density at radius 2 is 2.16 bits per heavy atom. The minimum atomic E-state index is -0.322. The predicted molar refractivity (Wildman–Crippen MR) is 73.1 cm³/mol. The molecule has 0 radical (unpaired) electrons. The molecule has 1 aliphatic rings. The smallest absolute Gasteiger partial charge is 0.272 e. The lowest BCUT2D eigenvalue weighted by Gasteiger charge is -2.22. The van der Waals surface area contributed by atoms with Crippen LogP contribution in [0.3, 0.4) is 0 Å². The van der Waals surface area contributed by atoms with Gasteiger partial charge in [0.25, 0.3) is 5.69 Å². The normalized spacial score (nSPS) is 16.5. The average Bonchev–Trinajstić information content (AvgIpc) is 2.41. The molecule has 5 nitrogen and oxygen atoms in total. The highest BCUT2D eigenvalue weighted by molar-refractivity contribution is 5.44. The van der Waals surface area contributed by atoms with E-state index in [-0.39, 0.29) is 10.6 Å². The molecule has 0 unspecified atom stereocenters. The monoisotopic (exact) mass is 264 g/mol. The molecule has 5 heteroatoms. The summed E-state index contributed by atoms with van der Waals surface area (Å²) in [6, 6.07) is 5.24. The van der Waals surface area contributed by atoms with Crippen LogP contribution in [0, 0.1) is 23.0 Å². The van der Waals surface area contributed by atoms with Crippen molar-refractivity contribution in [3.8, 4) is 0 Å². The summed E-state index contributed by atoms with van der Waals surface area (Å²) in [6.45, 7) is 5.14. The zero-order valence-electron chi connectivity index (χ0n) is 11.2. The third-order valence-corrected chi connectivity index (χ3v) is 3.70. The maximum Gasteiger partial charge on any atom is 0.272 e. The van der Waals surface area contributed by atoms with Crippen LogP contribution in [0.25, 0.3) is 0 Å². The SMILES string of the molecule is Cc1c(CNCC2CCOCC2)cccc1[N+](=O)[O-]. The number of nitro groups is 1. The lowest BCUT2D eigenvalue weighted by molar-refractivity contribution is -0.385. The summed E-state index contributed by atoms with van der Waals surface area (Å²) in [5, 5.41) is 14.3. The van der Waals surface area contributed by atoms with Crippen molar-refractivity contribution in [1.82, 2.24) is 5.32 Å². The molecule has 1 heterocycles. The highest BCUT2D eigenvalue weighted by Crippen LogP contribution is 2.21. The van der Waals surface area contributed by atoms with Gasteiger partial charge in [-0.2, -0.15) is 0 Å². The van der Waals surface area contributed by atoms with Gasteiger partial charge in [-0.15, -0.1) is 0 Å². The van der Waals surface area contributed by atoms with E-state index >= 15 is 0 Å². The first kappa shape index (κ1) is 14.0. The van der Waals surface area contributed by atoms with E-state index in [2.05, 4.69) is 5.32 Å². The molecule has 0 bridgehead atoms. The molecule has 1 aromatic carbocycles. The fourth-order valence-electron chi connectivity index (χ4n) is 2.42. The van der Waals surface area contributed by atoms with E-state index in [1.54, 1.807) is 12.1 Å². The van der Waals surface area contributed by atoms with Gasteiger partial charge in [-0.1, -0.05) is 12.1 Å². The molecular formula is C14H20N2O3. The van der Waals surface area contributed by atoms with E-state index in [0.717, 1.165) is 43.7 Å². The van der Waals surface area contributed by atoms with Crippen molar-refractivity contribution in [3.05, 3.63) is 39.4 Å². The van der Waals surface area contributed by atoms with E-state index in [9.17, 15) is 10.1 Å². The third-order valence-electron chi connectivity index (χ3n) is 3.70. The van der Waals surface area contributed by atoms with Crippen molar-refractivity contribution in [1.29, 1.82) is 0 Å². The van der Waals surface area contributed by atoms with Crippen molar-refractivity contribution in [2.45, 2.75) is 26.3 Å². The topological polar surface area (TPSA) is 64.4 Å². The molecule has 1 fully saturated rings. The van der Waals surface area contributed by atoms with Gasteiger partial charge < -0.3 is 10.1 Å². The Bertz CT molecular complexity index is 442. The van der Waals surface area contributed by atoms with Crippen molar-refractivity contribution in [2.24, 2.45) is 5.92 Å². The van der Waals surface area contributed by atoms with Gasteiger partial charge in [0.15, 0.2) is 0 Å². The highest BCUT2D eigenvalue weighted by atomic mass is 16.6. The van der Waals surface area contributed by atoms with E-state index in [0.29, 0.717) is 12.5 Å². The molecule has 1 N–H and O–H groups in total. The lowest BCUT2D eigenvalue weighted by Crippen LogP contribution is -2.27. The number of benzene rings is 1. The predicted octanol–water partition coefficient (Wildman–Crippen LogP) is 2.42. The Labute approximate surface area is 113 Å². The number of nitrogens with one attached hydrogen (secondary N) is 1. The Morgan fingerprint density at radius 3 is 2.84 bits per heavy atom. The van der Waals surface area contributed by atoms with Gasteiger partial charge in [0, 0.05) is 31.4 Å². The second-order valence-corrected chi connectivity index (χ2v) is 5.01. The van der Waals surface area contributed by atoms with Crippen LogP contribution < -0.4 is 5.32 Å². The van der Waals surface area contributed by atoms with Gasteiger partial charge in [0.1, 0.15) is 0 Å². The number of nitro benzene ring substituents is 1. The summed E-state index contributed by atoms with van der Waals surface area (Å²) in [6.07, 6.45) is 2.20. The van der Waals surface area contributed by atoms with Crippen molar-refractivity contribution in [3.63, 3.8) is 0 Å². The fourth-order valence-corrected chi connectivity index (χ4v) is 2.42. The first-order valence-electron chi connectivity index (χ1n) is 6.70. The van der Waals surface area contributed by atoms with Crippen LogP contribution in [0.4, 0.5) is 5.69 Å². The number of hydrogen-bond donors (Lipinski definition) is 1. The van der Waals surface area contributed by atoms with Gasteiger partial charge in [0.2, 0.25) is 0 Å². The molecule has 1 aliphatic heterocycles. The summed E-state index contributed by atoms with van der Waals surface area (Å²) < 4.78 is 5.32. The Balaban J connectivity index is 1.88. The number of nitrogens with zero attached hydrogens (tertiary/aromatic N) is 1. The second kappa shape index (κ2) is 6.63.